The molecule has 1 aromatic carbocycles. The average Bonchev–Trinajstić information content (AvgIpc) is 2.89. The predicted molar refractivity (Wildman–Crippen MR) is 75.7 cm³/mol. The van der Waals surface area contributed by atoms with E-state index in [-0.39, 0.29) is 0 Å². The summed E-state index contributed by atoms with van der Waals surface area (Å²) in [7, 11) is 1.74. The zero-order valence-electron chi connectivity index (χ0n) is 10.7. The van der Waals surface area contributed by atoms with Crippen LogP contribution in [0.15, 0.2) is 16.6 Å². The Labute approximate surface area is 117 Å². The Morgan fingerprint density at radius 3 is 2.67 bits per heavy atom. The van der Waals surface area contributed by atoms with Gasteiger partial charge in [-0.05, 0) is 58.3 Å². The lowest BCUT2D eigenvalue weighted by Gasteiger charge is -2.17. The molecule has 0 spiro atoms. The zero-order valence-corrected chi connectivity index (χ0v) is 12.3. The fraction of sp³-hybridized carbons (Fsp3) is 0.571. The molecule has 2 rings (SSSR count). The maximum Gasteiger partial charge on any atom is 0.136 e. The molecule has 2 N–H and O–H groups in total. The molecule has 0 radical (unpaired) electrons. The first-order valence-electron chi connectivity index (χ1n) is 6.44. The minimum Gasteiger partial charge on any atom is -0.495 e. The van der Waals surface area contributed by atoms with Gasteiger partial charge in [0.2, 0.25) is 0 Å². The molecule has 0 atom stereocenters. The summed E-state index contributed by atoms with van der Waals surface area (Å²) in [4.78, 5) is 4.66. The summed E-state index contributed by atoms with van der Waals surface area (Å²) in [5, 5.41) is 0. The summed E-state index contributed by atoms with van der Waals surface area (Å²) in [6, 6.07) is 4.34. The van der Waals surface area contributed by atoms with Gasteiger partial charge in [0.25, 0.3) is 0 Å². The van der Waals surface area contributed by atoms with Crippen molar-refractivity contribution in [3.63, 3.8) is 0 Å². The van der Waals surface area contributed by atoms with Crippen molar-refractivity contribution in [2.75, 3.05) is 13.7 Å². The van der Waals surface area contributed by atoms with E-state index in [4.69, 9.17) is 10.6 Å². The van der Waals surface area contributed by atoms with Crippen LogP contribution in [0.2, 0.25) is 0 Å². The molecule has 18 heavy (non-hydrogen) atoms. The molecular formula is C14H20BrNO2. The average molecular weight is 314 g/mol. The first-order valence-corrected chi connectivity index (χ1v) is 7.23. The van der Waals surface area contributed by atoms with Crippen molar-refractivity contribution in [1.29, 1.82) is 0 Å². The first kappa shape index (κ1) is 13.8. The summed E-state index contributed by atoms with van der Waals surface area (Å²) in [5.41, 5.74) is 2.58. The summed E-state index contributed by atoms with van der Waals surface area (Å²) in [5.74, 6) is 6.71. The number of methoxy groups -OCH3 is 1. The molecule has 100 valence electrons. The number of hydrogen-bond acceptors (Lipinski definition) is 3. The Bertz CT molecular complexity index is 403. The number of rotatable bonds is 5. The molecule has 1 saturated carbocycles. The van der Waals surface area contributed by atoms with Gasteiger partial charge in [-0.3, -0.25) is 0 Å². The third kappa shape index (κ3) is 3.05. The van der Waals surface area contributed by atoms with Gasteiger partial charge < -0.3 is 9.57 Å². The van der Waals surface area contributed by atoms with Crippen molar-refractivity contribution in [2.45, 2.75) is 38.0 Å². The highest BCUT2D eigenvalue weighted by Gasteiger charge is 2.22. The van der Waals surface area contributed by atoms with Gasteiger partial charge in [0.05, 0.1) is 18.2 Å². The Morgan fingerprint density at radius 1 is 1.33 bits per heavy atom. The van der Waals surface area contributed by atoms with Gasteiger partial charge in [-0.2, -0.15) is 0 Å². The van der Waals surface area contributed by atoms with Crippen molar-refractivity contribution in [1.82, 2.24) is 0 Å². The predicted octanol–water partition coefficient (Wildman–Crippen LogP) is 3.55. The van der Waals surface area contributed by atoms with Crippen molar-refractivity contribution in [2.24, 2.45) is 5.90 Å². The van der Waals surface area contributed by atoms with Gasteiger partial charge in [-0.15, -0.1) is 0 Å². The number of hydrogen-bond donors (Lipinski definition) is 1. The molecule has 0 heterocycles. The second-order valence-corrected chi connectivity index (χ2v) is 5.66. The summed E-state index contributed by atoms with van der Waals surface area (Å²) in [6.07, 6.45) is 6.00. The fourth-order valence-electron chi connectivity index (χ4n) is 2.75. The van der Waals surface area contributed by atoms with E-state index in [1.54, 1.807) is 7.11 Å². The van der Waals surface area contributed by atoms with Crippen LogP contribution in [0, 0.1) is 0 Å². The van der Waals surface area contributed by atoms with Crippen molar-refractivity contribution in [3.05, 3.63) is 27.7 Å². The topological polar surface area (TPSA) is 44.5 Å². The molecule has 0 bridgehead atoms. The van der Waals surface area contributed by atoms with E-state index in [0.717, 1.165) is 16.6 Å². The van der Waals surface area contributed by atoms with Crippen molar-refractivity contribution < 1.29 is 9.57 Å². The first-order chi connectivity index (χ1) is 8.76. The van der Waals surface area contributed by atoms with E-state index in [0.29, 0.717) is 12.5 Å². The van der Waals surface area contributed by atoms with Gasteiger partial charge in [0.15, 0.2) is 0 Å². The van der Waals surface area contributed by atoms with Crippen LogP contribution in [-0.4, -0.2) is 13.7 Å². The van der Waals surface area contributed by atoms with E-state index >= 15 is 0 Å². The molecular weight excluding hydrogens is 294 g/mol. The van der Waals surface area contributed by atoms with Gasteiger partial charge in [0.1, 0.15) is 5.75 Å². The number of nitrogens with two attached hydrogens (primary N) is 1. The quantitative estimate of drug-likeness (QED) is 0.845. The Balaban J connectivity index is 2.30. The van der Waals surface area contributed by atoms with Crippen LogP contribution in [0.4, 0.5) is 0 Å². The summed E-state index contributed by atoms with van der Waals surface area (Å²) in [6.45, 7) is 0.545. The molecule has 0 aromatic heterocycles. The van der Waals surface area contributed by atoms with Crippen molar-refractivity contribution in [3.8, 4) is 5.75 Å². The lowest BCUT2D eigenvalue weighted by atomic mass is 9.94. The van der Waals surface area contributed by atoms with Crippen LogP contribution in [0.25, 0.3) is 0 Å². The van der Waals surface area contributed by atoms with Crippen LogP contribution in [0.1, 0.15) is 42.7 Å². The van der Waals surface area contributed by atoms with Crippen LogP contribution in [0.5, 0.6) is 5.75 Å². The van der Waals surface area contributed by atoms with Gasteiger partial charge >= 0.3 is 0 Å². The number of ether oxygens (including phenoxy) is 1. The second kappa shape index (κ2) is 6.55. The summed E-state index contributed by atoms with van der Waals surface area (Å²) >= 11 is 3.60. The molecule has 1 aliphatic rings. The van der Waals surface area contributed by atoms with Crippen LogP contribution < -0.4 is 10.6 Å². The standard InChI is InChI=1S/C14H20BrNO2/c1-17-14-12(11-4-2-3-5-11)8-10(6-7-18-16)9-13(14)15/h8-9,11H,2-7,16H2,1H3. The third-order valence-corrected chi connectivity index (χ3v) is 4.23. The monoisotopic (exact) mass is 313 g/mol. The Morgan fingerprint density at radius 2 is 2.06 bits per heavy atom. The summed E-state index contributed by atoms with van der Waals surface area (Å²) < 4.78 is 6.57. The van der Waals surface area contributed by atoms with Gasteiger partial charge in [0, 0.05) is 0 Å². The fourth-order valence-corrected chi connectivity index (χ4v) is 3.43. The molecule has 3 nitrogen and oxygen atoms in total. The van der Waals surface area contributed by atoms with E-state index in [9.17, 15) is 0 Å². The van der Waals surface area contributed by atoms with E-state index in [1.807, 2.05) is 0 Å². The van der Waals surface area contributed by atoms with E-state index in [1.165, 1.54) is 36.8 Å². The highest BCUT2D eigenvalue weighted by molar-refractivity contribution is 9.10. The normalized spacial score (nSPS) is 16.2. The highest BCUT2D eigenvalue weighted by atomic mass is 79.9. The zero-order chi connectivity index (χ0) is 13.0. The van der Waals surface area contributed by atoms with E-state index in [2.05, 4.69) is 32.9 Å². The molecule has 0 aliphatic heterocycles. The Hall–Kier alpha value is -0.580. The minimum atomic E-state index is 0.545. The van der Waals surface area contributed by atoms with Gasteiger partial charge in [-0.25, -0.2) is 5.90 Å². The molecule has 0 unspecified atom stereocenters. The number of halogens is 1. The maximum absolute atomic E-state index is 5.55. The smallest absolute Gasteiger partial charge is 0.136 e. The highest BCUT2D eigenvalue weighted by Crippen LogP contribution is 2.42. The molecule has 0 amide bonds. The van der Waals surface area contributed by atoms with Crippen LogP contribution in [-0.2, 0) is 11.3 Å². The molecule has 1 aliphatic carbocycles. The van der Waals surface area contributed by atoms with Crippen molar-refractivity contribution >= 4 is 15.9 Å². The Kier molecular flexibility index (Phi) is 5.03. The van der Waals surface area contributed by atoms with E-state index < -0.39 is 0 Å². The van der Waals surface area contributed by atoms with Crippen LogP contribution in [0.3, 0.4) is 0 Å². The second-order valence-electron chi connectivity index (χ2n) is 4.80. The SMILES string of the molecule is COc1c(Br)cc(CCON)cc1C1CCCC1. The molecule has 1 aromatic rings. The number of benzene rings is 1. The largest absolute Gasteiger partial charge is 0.495 e. The lowest BCUT2D eigenvalue weighted by molar-refractivity contribution is 0.141. The van der Waals surface area contributed by atoms with Crippen LogP contribution >= 0.6 is 15.9 Å². The maximum atomic E-state index is 5.55. The molecule has 0 saturated heterocycles. The minimum absolute atomic E-state index is 0.545. The molecule has 4 heteroatoms. The van der Waals surface area contributed by atoms with Gasteiger partial charge in [-0.1, -0.05) is 18.9 Å². The third-order valence-electron chi connectivity index (χ3n) is 3.64. The lowest BCUT2D eigenvalue weighted by Crippen LogP contribution is -2.05. The molecule has 1 fully saturated rings.